The van der Waals surface area contributed by atoms with Gasteiger partial charge in [-0.05, 0) is 12.8 Å². The summed E-state index contributed by atoms with van der Waals surface area (Å²) in [5.41, 5.74) is 4.99. The number of carbonyl (C=O) groups is 2. The molecule has 21 heavy (non-hydrogen) atoms. The van der Waals surface area contributed by atoms with Crippen LogP contribution in [-0.4, -0.2) is 52.6 Å². The highest BCUT2D eigenvalue weighted by Crippen LogP contribution is 2.36. The van der Waals surface area contributed by atoms with E-state index in [0.717, 1.165) is 0 Å². The van der Waals surface area contributed by atoms with Gasteiger partial charge in [0.15, 0.2) is 0 Å². The average molecular weight is 318 g/mol. The van der Waals surface area contributed by atoms with Gasteiger partial charge in [0.05, 0.1) is 5.54 Å². The fourth-order valence-electron chi connectivity index (χ4n) is 1.70. The topological polar surface area (TPSA) is 83.6 Å². The number of carboxylic acid groups (broad SMARTS) is 1. The summed E-state index contributed by atoms with van der Waals surface area (Å²) in [4.78, 5) is 22.0. The Morgan fingerprint density at radius 2 is 1.43 bits per heavy atom. The van der Waals surface area contributed by atoms with Crippen LogP contribution in [0.2, 0.25) is 0 Å². The quantitative estimate of drug-likeness (QED) is 0.715. The molecule has 1 saturated carbocycles. The molecule has 122 valence electrons. The van der Waals surface area contributed by atoms with Crippen LogP contribution in [0, 0.1) is 0 Å². The van der Waals surface area contributed by atoms with Crippen molar-refractivity contribution in [3.8, 4) is 0 Å². The van der Waals surface area contributed by atoms with Crippen LogP contribution in [0.4, 0.5) is 22.0 Å². The predicted molar refractivity (Wildman–Crippen MR) is 60.6 cm³/mol. The highest BCUT2D eigenvalue weighted by atomic mass is 19.4. The Morgan fingerprint density at radius 1 is 1.05 bits per heavy atom. The number of piperidine rings is 1. The highest BCUT2D eigenvalue weighted by molar-refractivity contribution is 5.89. The van der Waals surface area contributed by atoms with Gasteiger partial charge in [-0.15, -0.1) is 0 Å². The third-order valence-corrected chi connectivity index (χ3v) is 3.24. The first-order valence-corrected chi connectivity index (χ1v) is 6.14. The summed E-state index contributed by atoms with van der Waals surface area (Å²) in [6.45, 7) is 0.287. The van der Waals surface area contributed by atoms with Crippen molar-refractivity contribution in [1.29, 1.82) is 0 Å². The zero-order chi connectivity index (χ0) is 16.5. The summed E-state index contributed by atoms with van der Waals surface area (Å²) < 4.78 is 57.3. The molecule has 1 aliphatic heterocycles. The van der Waals surface area contributed by atoms with Crippen LogP contribution in [-0.2, 0) is 9.59 Å². The van der Waals surface area contributed by atoms with Gasteiger partial charge in [0.2, 0.25) is 5.91 Å². The van der Waals surface area contributed by atoms with Gasteiger partial charge in [-0.25, -0.2) is 13.6 Å². The number of alkyl halides is 5. The molecule has 1 saturated heterocycles. The Morgan fingerprint density at radius 3 is 1.71 bits per heavy atom. The SMILES string of the molecule is NC1(C(=O)N2CCC(F)(F)CC2)CC1.O=C(O)C(F)(F)F. The Kier molecular flexibility index (Phi) is 4.81. The summed E-state index contributed by atoms with van der Waals surface area (Å²) in [5.74, 6) is -5.50. The molecule has 2 aliphatic rings. The number of aliphatic carboxylic acids is 1. The van der Waals surface area contributed by atoms with Gasteiger partial charge in [0, 0.05) is 25.9 Å². The summed E-state index contributed by atoms with van der Waals surface area (Å²) in [6, 6.07) is 0. The second-order valence-electron chi connectivity index (χ2n) is 5.11. The number of amides is 1. The first kappa shape index (κ1) is 17.6. The van der Waals surface area contributed by atoms with E-state index in [0.29, 0.717) is 12.8 Å². The van der Waals surface area contributed by atoms with Crippen molar-refractivity contribution in [3.05, 3.63) is 0 Å². The maximum absolute atomic E-state index is 12.8. The van der Waals surface area contributed by atoms with E-state index < -0.39 is 23.6 Å². The van der Waals surface area contributed by atoms with Crippen LogP contribution in [0.3, 0.4) is 0 Å². The van der Waals surface area contributed by atoms with Gasteiger partial charge >= 0.3 is 12.1 Å². The molecule has 0 aromatic heterocycles. The summed E-state index contributed by atoms with van der Waals surface area (Å²) in [5, 5.41) is 7.12. The molecule has 1 aliphatic carbocycles. The molecule has 0 bridgehead atoms. The van der Waals surface area contributed by atoms with E-state index in [1.54, 1.807) is 0 Å². The lowest BCUT2D eigenvalue weighted by Gasteiger charge is -2.33. The second-order valence-corrected chi connectivity index (χ2v) is 5.11. The second kappa shape index (κ2) is 5.74. The van der Waals surface area contributed by atoms with E-state index in [4.69, 9.17) is 15.6 Å². The van der Waals surface area contributed by atoms with Crippen LogP contribution in [0.5, 0.6) is 0 Å². The minimum Gasteiger partial charge on any atom is -0.475 e. The molecular formula is C11H15F5N2O3. The minimum atomic E-state index is -5.08. The molecule has 0 spiro atoms. The Hall–Kier alpha value is -1.45. The number of nitrogens with two attached hydrogens (primary N) is 1. The summed E-state index contributed by atoms with van der Waals surface area (Å²) in [6.07, 6.45) is -4.15. The summed E-state index contributed by atoms with van der Waals surface area (Å²) >= 11 is 0. The zero-order valence-electron chi connectivity index (χ0n) is 10.9. The van der Waals surface area contributed by atoms with Crippen LogP contribution in [0.25, 0.3) is 0 Å². The Bertz CT molecular complexity index is 411. The lowest BCUT2D eigenvalue weighted by atomic mass is 10.1. The number of carboxylic acids is 1. The third-order valence-electron chi connectivity index (χ3n) is 3.24. The molecule has 1 amide bonds. The standard InChI is InChI=1S/C9H14F2N2O.C2HF3O2/c10-9(11)3-5-13(6-4-9)7(14)8(12)1-2-8;3-2(4,5)1(6)7/h1-6,12H2;(H,6,7). The molecule has 0 aromatic rings. The molecule has 2 rings (SSSR count). The smallest absolute Gasteiger partial charge is 0.475 e. The number of hydrogen-bond donors (Lipinski definition) is 2. The van der Waals surface area contributed by atoms with E-state index in [9.17, 15) is 26.7 Å². The van der Waals surface area contributed by atoms with Crippen molar-refractivity contribution in [2.45, 2.75) is 43.3 Å². The van der Waals surface area contributed by atoms with Gasteiger partial charge in [0.25, 0.3) is 5.92 Å². The van der Waals surface area contributed by atoms with E-state index in [1.165, 1.54) is 4.90 Å². The number of nitrogens with zero attached hydrogens (tertiary/aromatic N) is 1. The fraction of sp³-hybridized carbons (Fsp3) is 0.818. The van der Waals surface area contributed by atoms with Gasteiger partial charge in [-0.3, -0.25) is 4.79 Å². The molecule has 3 N–H and O–H groups in total. The third kappa shape index (κ3) is 5.10. The molecule has 10 heteroatoms. The number of likely N-dealkylation sites (tertiary alicyclic amines) is 1. The molecule has 2 fully saturated rings. The number of rotatable bonds is 1. The Balaban J connectivity index is 0.000000270. The first-order valence-electron chi connectivity index (χ1n) is 6.14. The molecule has 0 unspecified atom stereocenters. The van der Waals surface area contributed by atoms with Crippen LogP contribution < -0.4 is 5.73 Å². The minimum absolute atomic E-state index is 0.144. The van der Waals surface area contributed by atoms with Gasteiger partial charge < -0.3 is 15.7 Å². The van der Waals surface area contributed by atoms with Crippen molar-refractivity contribution in [3.63, 3.8) is 0 Å². The molecular weight excluding hydrogens is 303 g/mol. The summed E-state index contributed by atoms with van der Waals surface area (Å²) in [7, 11) is 0. The van der Waals surface area contributed by atoms with Crippen molar-refractivity contribution >= 4 is 11.9 Å². The lowest BCUT2D eigenvalue weighted by molar-refractivity contribution is -0.192. The van der Waals surface area contributed by atoms with Crippen molar-refractivity contribution < 1.29 is 36.6 Å². The molecule has 0 aromatic carbocycles. The number of hydrogen-bond acceptors (Lipinski definition) is 3. The highest BCUT2D eigenvalue weighted by Gasteiger charge is 2.49. The maximum atomic E-state index is 12.8. The monoisotopic (exact) mass is 318 g/mol. The van der Waals surface area contributed by atoms with Crippen molar-refractivity contribution in [1.82, 2.24) is 4.90 Å². The predicted octanol–water partition coefficient (Wildman–Crippen LogP) is 1.37. The number of halogens is 5. The Labute approximate surface area is 116 Å². The van der Waals surface area contributed by atoms with Gasteiger partial charge in [-0.2, -0.15) is 13.2 Å². The molecule has 5 nitrogen and oxygen atoms in total. The molecule has 1 heterocycles. The van der Waals surface area contributed by atoms with E-state index in [2.05, 4.69) is 0 Å². The van der Waals surface area contributed by atoms with Crippen molar-refractivity contribution in [2.24, 2.45) is 5.73 Å². The van der Waals surface area contributed by atoms with E-state index in [1.807, 2.05) is 0 Å². The normalized spacial score (nSPS) is 22.9. The lowest BCUT2D eigenvalue weighted by Crippen LogP contribution is -2.50. The average Bonchev–Trinajstić information content (AvgIpc) is 3.07. The van der Waals surface area contributed by atoms with E-state index in [-0.39, 0.29) is 31.8 Å². The van der Waals surface area contributed by atoms with Crippen molar-refractivity contribution in [2.75, 3.05) is 13.1 Å². The maximum Gasteiger partial charge on any atom is 0.490 e. The van der Waals surface area contributed by atoms with Gasteiger partial charge in [-0.1, -0.05) is 0 Å². The van der Waals surface area contributed by atoms with Crippen LogP contribution in [0.1, 0.15) is 25.7 Å². The van der Waals surface area contributed by atoms with E-state index >= 15 is 0 Å². The van der Waals surface area contributed by atoms with Crippen LogP contribution >= 0.6 is 0 Å². The fourth-order valence-corrected chi connectivity index (χ4v) is 1.70. The first-order chi connectivity index (χ1) is 9.37. The molecule has 0 radical (unpaired) electrons. The van der Waals surface area contributed by atoms with Gasteiger partial charge in [0.1, 0.15) is 0 Å². The zero-order valence-corrected chi connectivity index (χ0v) is 10.9. The number of carbonyl (C=O) groups excluding carboxylic acids is 1. The largest absolute Gasteiger partial charge is 0.490 e. The van der Waals surface area contributed by atoms with Crippen LogP contribution in [0.15, 0.2) is 0 Å². The molecule has 0 atom stereocenters.